The van der Waals surface area contributed by atoms with Gasteiger partial charge in [-0.15, -0.1) is 0 Å². The van der Waals surface area contributed by atoms with Crippen LogP contribution in [-0.2, 0) is 16.1 Å². The van der Waals surface area contributed by atoms with Gasteiger partial charge in [0.05, 0.1) is 7.11 Å². The first kappa shape index (κ1) is 12.7. The molecule has 20 heavy (non-hydrogen) atoms. The number of esters is 1. The lowest BCUT2D eigenvalue weighted by Gasteiger charge is -2.19. The quantitative estimate of drug-likeness (QED) is 0.663. The smallest absolute Gasteiger partial charge is 0.316 e. The van der Waals surface area contributed by atoms with Crippen LogP contribution >= 0.6 is 0 Å². The lowest BCUT2D eigenvalue weighted by molar-refractivity contribution is -0.143. The van der Waals surface area contributed by atoms with Crippen LogP contribution in [0.2, 0.25) is 0 Å². The largest absolute Gasteiger partial charge is 0.468 e. The molecule has 2 N–H and O–H groups in total. The molecule has 104 valence electrons. The second kappa shape index (κ2) is 4.96. The van der Waals surface area contributed by atoms with E-state index >= 15 is 0 Å². The standard InChI is InChI=1S/C14H16N4O2/c1-20-14(19)11-3-2-8-18-13(11)16-12(17-18)9-4-6-10(15)7-5-9/h4-7,11H,2-3,8,15H2,1H3. The Kier molecular flexibility index (Phi) is 3.14. The highest BCUT2D eigenvalue weighted by atomic mass is 16.5. The first-order valence-corrected chi connectivity index (χ1v) is 6.57. The molecule has 0 spiro atoms. The lowest BCUT2D eigenvalue weighted by Crippen LogP contribution is -2.24. The molecule has 1 atom stereocenters. The van der Waals surface area contributed by atoms with Crippen molar-refractivity contribution in [1.82, 2.24) is 14.8 Å². The number of nitrogen functional groups attached to an aromatic ring is 1. The Morgan fingerprint density at radius 2 is 2.15 bits per heavy atom. The Labute approximate surface area is 116 Å². The van der Waals surface area contributed by atoms with Gasteiger partial charge >= 0.3 is 5.97 Å². The summed E-state index contributed by atoms with van der Waals surface area (Å²) in [6, 6.07) is 7.38. The number of carbonyl (C=O) groups excluding carboxylic acids is 1. The molecule has 1 unspecified atom stereocenters. The molecule has 1 aromatic carbocycles. The summed E-state index contributed by atoms with van der Waals surface area (Å²) < 4.78 is 6.64. The van der Waals surface area contributed by atoms with Crippen molar-refractivity contribution < 1.29 is 9.53 Å². The van der Waals surface area contributed by atoms with Crippen molar-refractivity contribution in [2.45, 2.75) is 25.3 Å². The minimum absolute atomic E-state index is 0.248. The fraction of sp³-hybridized carbons (Fsp3) is 0.357. The summed E-state index contributed by atoms with van der Waals surface area (Å²) >= 11 is 0. The number of nitrogens with two attached hydrogens (primary N) is 1. The number of hydrogen-bond acceptors (Lipinski definition) is 5. The second-order valence-electron chi connectivity index (χ2n) is 4.86. The zero-order chi connectivity index (χ0) is 14.1. The molecule has 0 saturated carbocycles. The van der Waals surface area contributed by atoms with Crippen molar-refractivity contribution in [3.63, 3.8) is 0 Å². The molecular weight excluding hydrogens is 256 g/mol. The van der Waals surface area contributed by atoms with Crippen molar-refractivity contribution >= 4 is 11.7 Å². The molecule has 2 aromatic rings. The zero-order valence-electron chi connectivity index (χ0n) is 11.2. The number of carbonyl (C=O) groups is 1. The van der Waals surface area contributed by atoms with Crippen molar-refractivity contribution in [2.75, 3.05) is 12.8 Å². The Bertz CT molecular complexity index is 633. The Balaban J connectivity index is 1.99. The molecule has 6 heteroatoms. The summed E-state index contributed by atoms with van der Waals surface area (Å²) in [6.45, 7) is 0.783. The molecular formula is C14H16N4O2. The highest BCUT2D eigenvalue weighted by Gasteiger charge is 2.30. The molecule has 0 bridgehead atoms. The predicted molar refractivity (Wildman–Crippen MR) is 73.9 cm³/mol. The molecule has 3 rings (SSSR count). The van der Waals surface area contributed by atoms with E-state index in [1.165, 1.54) is 7.11 Å². The van der Waals surface area contributed by atoms with Gasteiger partial charge in [-0.05, 0) is 37.1 Å². The van der Waals surface area contributed by atoms with E-state index in [0.29, 0.717) is 17.3 Å². The van der Waals surface area contributed by atoms with Crippen LogP contribution in [0, 0.1) is 0 Å². The van der Waals surface area contributed by atoms with E-state index in [9.17, 15) is 4.79 Å². The maximum absolute atomic E-state index is 11.8. The average Bonchev–Trinajstić information content (AvgIpc) is 2.91. The van der Waals surface area contributed by atoms with Gasteiger partial charge in [0.15, 0.2) is 5.82 Å². The van der Waals surface area contributed by atoms with Gasteiger partial charge in [-0.1, -0.05) is 0 Å². The summed E-state index contributed by atoms with van der Waals surface area (Å²) in [7, 11) is 1.40. The van der Waals surface area contributed by atoms with Gasteiger partial charge < -0.3 is 10.5 Å². The van der Waals surface area contributed by atoms with Gasteiger partial charge in [-0.2, -0.15) is 5.10 Å². The topological polar surface area (TPSA) is 83.0 Å². The fourth-order valence-electron chi connectivity index (χ4n) is 2.47. The third kappa shape index (κ3) is 2.13. The first-order chi connectivity index (χ1) is 9.69. The number of fused-ring (bicyclic) bond motifs is 1. The van der Waals surface area contributed by atoms with Crippen LogP contribution < -0.4 is 5.73 Å². The number of ether oxygens (including phenoxy) is 1. The van der Waals surface area contributed by atoms with E-state index in [1.54, 1.807) is 4.68 Å². The minimum atomic E-state index is -0.316. The zero-order valence-corrected chi connectivity index (χ0v) is 11.2. The molecule has 0 saturated heterocycles. The van der Waals surface area contributed by atoms with E-state index in [2.05, 4.69) is 10.1 Å². The maximum Gasteiger partial charge on any atom is 0.316 e. The normalized spacial score (nSPS) is 17.6. The first-order valence-electron chi connectivity index (χ1n) is 6.57. The van der Waals surface area contributed by atoms with E-state index in [-0.39, 0.29) is 11.9 Å². The van der Waals surface area contributed by atoms with Crippen LogP contribution in [0.15, 0.2) is 24.3 Å². The van der Waals surface area contributed by atoms with Gasteiger partial charge in [-0.3, -0.25) is 4.79 Å². The van der Waals surface area contributed by atoms with Gasteiger partial charge in [0.25, 0.3) is 0 Å². The summed E-state index contributed by atoms with van der Waals surface area (Å²) in [4.78, 5) is 16.3. The monoisotopic (exact) mass is 272 g/mol. The molecule has 1 aromatic heterocycles. The summed E-state index contributed by atoms with van der Waals surface area (Å²) in [6.07, 6.45) is 1.66. The number of nitrogens with zero attached hydrogens (tertiary/aromatic N) is 3. The van der Waals surface area contributed by atoms with Crippen LogP contribution in [0.25, 0.3) is 11.4 Å². The number of aryl methyl sites for hydroxylation is 1. The number of methoxy groups -OCH3 is 1. The molecule has 1 aliphatic rings. The summed E-state index contributed by atoms with van der Waals surface area (Å²) in [5.41, 5.74) is 7.27. The Hall–Kier alpha value is -2.37. The van der Waals surface area contributed by atoms with Gasteiger partial charge in [0.2, 0.25) is 0 Å². The number of rotatable bonds is 2. The van der Waals surface area contributed by atoms with Gasteiger partial charge in [0, 0.05) is 17.8 Å². The van der Waals surface area contributed by atoms with E-state index in [0.717, 1.165) is 24.9 Å². The summed E-state index contributed by atoms with van der Waals surface area (Å²) in [5.74, 6) is 0.747. The van der Waals surface area contributed by atoms with Gasteiger partial charge in [-0.25, -0.2) is 9.67 Å². The molecule has 0 fully saturated rings. The number of anilines is 1. The molecule has 6 nitrogen and oxygen atoms in total. The summed E-state index contributed by atoms with van der Waals surface area (Å²) in [5, 5.41) is 4.47. The molecule has 2 heterocycles. The highest BCUT2D eigenvalue weighted by molar-refractivity contribution is 5.77. The van der Waals surface area contributed by atoms with Crippen LogP contribution in [0.3, 0.4) is 0 Å². The number of hydrogen-bond donors (Lipinski definition) is 1. The maximum atomic E-state index is 11.8. The van der Waals surface area contributed by atoms with Crippen molar-refractivity contribution in [3.8, 4) is 11.4 Å². The van der Waals surface area contributed by atoms with E-state index < -0.39 is 0 Å². The average molecular weight is 272 g/mol. The van der Waals surface area contributed by atoms with Crippen molar-refractivity contribution in [2.24, 2.45) is 0 Å². The molecule has 0 aliphatic carbocycles. The molecule has 0 amide bonds. The van der Waals surface area contributed by atoms with Crippen LogP contribution in [-0.4, -0.2) is 27.8 Å². The predicted octanol–water partition coefficient (Wildman–Crippen LogP) is 1.58. The van der Waals surface area contributed by atoms with E-state index in [1.807, 2.05) is 24.3 Å². The van der Waals surface area contributed by atoms with E-state index in [4.69, 9.17) is 10.5 Å². The number of benzene rings is 1. The SMILES string of the molecule is COC(=O)C1CCCn2nc(-c3ccc(N)cc3)nc21. The fourth-order valence-corrected chi connectivity index (χ4v) is 2.47. The second-order valence-corrected chi connectivity index (χ2v) is 4.86. The minimum Gasteiger partial charge on any atom is -0.468 e. The lowest BCUT2D eigenvalue weighted by atomic mass is 9.99. The van der Waals surface area contributed by atoms with Gasteiger partial charge in [0.1, 0.15) is 11.7 Å². The Morgan fingerprint density at radius 1 is 1.40 bits per heavy atom. The number of aromatic nitrogens is 3. The van der Waals surface area contributed by atoms with Crippen LogP contribution in [0.1, 0.15) is 24.6 Å². The third-order valence-corrected chi connectivity index (χ3v) is 3.53. The van der Waals surface area contributed by atoms with Crippen molar-refractivity contribution in [1.29, 1.82) is 0 Å². The molecule has 0 radical (unpaired) electrons. The Morgan fingerprint density at radius 3 is 2.85 bits per heavy atom. The van der Waals surface area contributed by atoms with Crippen LogP contribution in [0.5, 0.6) is 0 Å². The molecule has 1 aliphatic heterocycles. The van der Waals surface area contributed by atoms with Crippen molar-refractivity contribution in [3.05, 3.63) is 30.1 Å². The third-order valence-electron chi connectivity index (χ3n) is 3.53. The highest BCUT2D eigenvalue weighted by Crippen LogP contribution is 2.29. The van der Waals surface area contributed by atoms with Crippen LogP contribution in [0.4, 0.5) is 5.69 Å².